The van der Waals surface area contributed by atoms with Crippen LogP contribution in [0.15, 0.2) is 28.3 Å². The normalized spacial score (nSPS) is 24.8. The number of hydrogen-bond donors (Lipinski definition) is 0. The van der Waals surface area contributed by atoms with Gasteiger partial charge in [0, 0.05) is 16.0 Å². The monoisotopic (exact) mass is 404 g/mol. The number of fused-ring (bicyclic) bond motifs is 3. The lowest BCUT2D eigenvalue weighted by Crippen LogP contribution is -2.45. The molecular weight excluding hydrogens is 372 g/mol. The van der Waals surface area contributed by atoms with Crippen LogP contribution in [0.4, 0.5) is 0 Å². The third-order valence-corrected chi connectivity index (χ3v) is 7.07. The number of hydrogen-bond acceptors (Lipinski definition) is 1. The summed E-state index contributed by atoms with van der Waals surface area (Å²) in [4.78, 5) is 0. The number of halogens is 1. The quantitative estimate of drug-likeness (QED) is 0.471. The first-order valence-corrected chi connectivity index (χ1v) is 10.6. The molecule has 0 fully saturated rings. The Morgan fingerprint density at radius 2 is 2.00 bits per heavy atom. The van der Waals surface area contributed by atoms with Crippen molar-refractivity contribution in [2.75, 3.05) is 0 Å². The molecule has 0 aromatic heterocycles. The summed E-state index contributed by atoms with van der Waals surface area (Å²) in [5.41, 5.74) is 4.38. The fourth-order valence-electron chi connectivity index (χ4n) is 4.69. The molecule has 2 heteroatoms. The van der Waals surface area contributed by atoms with Crippen molar-refractivity contribution in [3.05, 3.63) is 39.4 Å². The maximum absolute atomic E-state index is 6.59. The SMILES string of the molecule is CCCCC(C)(C)c1cc(Br)c2c(c1)OC(C)(C)[C@@H]1CC=C(C)C[C@@H]21. The smallest absolute Gasteiger partial charge is 0.125 e. The Labute approximate surface area is 162 Å². The lowest BCUT2D eigenvalue weighted by atomic mass is 9.67. The van der Waals surface area contributed by atoms with Gasteiger partial charge in [0.05, 0.1) is 0 Å². The molecule has 0 unspecified atom stereocenters. The van der Waals surface area contributed by atoms with Gasteiger partial charge in [0.2, 0.25) is 0 Å². The summed E-state index contributed by atoms with van der Waals surface area (Å²) in [5.74, 6) is 2.22. The molecule has 138 valence electrons. The van der Waals surface area contributed by atoms with Crippen LogP contribution in [0.1, 0.15) is 90.7 Å². The van der Waals surface area contributed by atoms with Gasteiger partial charge in [-0.3, -0.25) is 0 Å². The fourth-order valence-corrected chi connectivity index (χ4v) is 5.42. The van der Waals surface area contributed by atoms with E-state index in [4.69, 9.17) is 4.74 Å². The van der Waals surface area contributed by atoms with Gasteiger partial charge in [-0.1, -0.05) is 61.2 Å². The molecule has 0 radical (unpaired) electrons. The van der Waals surface area contributed by atoms with Crippen molar-refractivity contribution in [3.63, 3.8) is 0 Å². The minimum atomic E-state index is -0.111. The Balaban J connectivity index is 2.05. The van der Waals surface area contributed by atoms with E-state index < -0.39 is 0 Å². The van der Waals surface area contributed by atoms with Crippen LogP contribution >= 0.6 is 15.9 Å². The molecule has 0 saturated carbocycles. The average Bonchev–Trinajstić information content (AvgIpc) is 2.51. The molecular formula is C23H33BrO. The summed E-state index contributed by atoms with van der Waals surface area (Å²) >= 11 is 3.91. The summed E-state index contributed by atoms with van der Waals surface area (Å²) in [6, 6.07) is 4.70. The van der Waals surface area contributed by atoms with Crippen molar-refractivity contribution in [1.29, 1.82) is 0 Å². The molecule has 1 aliphatic carbocycles. The Kier molecular flexibility index (Phi) is 5.14. The highest BCUT2D eigenvalue weighted by Gasteiger charge is 2.45. The van der Waals surface area contributed by atoms with Crippen molar-refractivity contribution in [2.24, 2.45) is 5.92 Å². The topological polar surface area (TPSA) is 9.23 Å². The highest BCUT2D eigenvalue weighted by atomic mass is 79.9. The first-order chi connectivity index (χ1) is 11.7. The van der Waals surface area contributed by atoms with Crippen LogP contribution in [0.2, 0.25) is 0 Å². The van der Waals surface area contributed by atoms with E-state index in [1.165, 1.54) is 40.4 Å². The number of ether oxygens (including phenoxy) is 1. The summed E-state index contributed by atoms with van der Waals surface area (Å²) in [6.07, 6.45) is 8.41. The molecule has 0 bridgehead atoms. The van der Waals surface area contributed by atoms with Crippen LogP contribution in [-0.2, 0) is 5.41 Å². The Morgan fingerprint density at radius 3 is 2.68 bits per heavy atom. The van der Waals surface area contributed by atoms with Gasteiger partial charge in [0.25, 0.3) is 0 Å². The summed E-state index contributed by atoms with van der Waals surface area (Å²) in [5, 5.41) is 0. The molecule has 1 heterocycles. The fraction of sp³-hybridized carbons (Fsp3) is 0.652. The second-order valence-electron chi connectivity index (χ2n) is 9.27. The average molecular weight is 405 g/mol. The minimum Gasteiger partial charge on any atom is -0.487 e. The number of rotatable bonds is 4. The molecule has 0 N–H and O–H groups in total. The van der Waals surface area contributed by atoms with Crippen LogP contribution in [0, 0.1) is 5.92 Å². The Bertz CT molecular complexity index is 684. The zero-order chi connectivity index (χ0) is 18.4. The molecule has 1 nitrogen and oxygen atoms in total. The van der Waals surface area contributed by atoms with Gasteiger partial charge in [0.1, 0.15) is 11.4 Å². The standard InChI is InChI=1S/C23H33BrO/c1-7-8-11-22(3,4)16-13-19(24)21-17-12-15(2)9-10-18(17)23(5,6)25-20(21)14-16/h9,13-14,17-18H,7-8,10-12H2,1-6H3/t17-,18-/m1/s1. The highest BCUT2D eigenvalue weighted by molar-refractivity contribution is 9.10. The van der Waals surface area contributed by atoms with E-state index in [0.717, 1.165) is 18.6 Å². The number of allylic oxidation sites excluding steroid dienone is 2. The molecule has 1 aromatic rings. The van der Waals surface area contributed by atoms with E-state index in [2.05, 4.69) is 75.7 Å². The van der Waals surface area contributed by atoms with Gasteiger partial charge in [-0.2, -0.15) is 0 Å². The van der Waals surface area contributed by atoms with Crippen molar-refractivity contribution >= 4 is 15.9 Å². The second-order valence-corrected chi connectivity index (χ2v) is 10.1. The lowest BCUT2D eigenvalue weighted by molar-refractivity contribution is 0.00805. The van der Waals surface area contributed by atoms with E-state index in [9.17, 15) is 0 Å². The van der Waals surface area contributed by atoms with E-state index in [1.54, 1.807) is 0 Å². The third-order valence-electron chi connectivity index (χ3n) is 6.41. The zero-order valence-electron chi connectivity index (χ0n) is 16.7. The molecule has 2 atom stereocenters. The van der Waals surface area contributed by atoms with Crippen molar-refractivity contribution < 1.29 is 4.74 Å². The molecule has 0 amide bonds. The molecule has 25 heavy (non-hydrogen) atoms. The van der Waals surface area contributed by atoms with Crippen LogP contribution < -0.4 is 4.74 Å². The minimum absolute atomic E-state index is 0.111. The second kappa shape index (κ2) is 6.76. The number of unbranched alkanes of at least 4 members (excludes halogenated alkanes) is 1. The van der Waals surface area contributed by atoms with E-state index >= 15 is 0 Å². The maximum Gasteiger partial charge on any atom is 0.125 e. The highest BCUT2D eigenvalue weighted by Crippen LogP contribution is 2.54. The third kappa shape index (κ3) is 3.56. The Hall–Kier alpha value is -0.760. The summed E-state index contributed by atoms with van der Waals surface area (Å²) < 4.78 is 7.83. The van der Waals surface area contributed by atoms with Gasteiger partial charge in [-0.05, 0) is 69.1 Å². The summed E-state index contributed by atoms with van der Waals surface area (Å²) in [6.45, 7) is 13.8. The maximum atomic E-state index is 6.59. The van der Waals surface area contributed by atoms with Crippen LogP contribution in [0.25, 0.3) is 0 Å². The molecule has 1 aromatic carbocycles. The van der Waals surface area contributed by atoms with E-state index in [0.29, 0.717) is 11.8 Å². The summed E-state index contributed by atoms with van der Waals surface area (Å²) in [7, 11) is 0. The largest absolute Gasteiger partial charge is 0.487 e. The molecule has 2 aliphatic rings. The first kappa shape index (κ1) is 19.0. The zero-order valence-corrected chi connectivity index (χ0v) is 18.3. The number of benzene rings is 1. The van der Waals surface area contributed by atoms with Gasteiger partial charge in [-0.15, -0.1) is 0 Å². The predicted octanol–water partition coefficient (Wildman–Crippen LogP) is 7.53. The molecule has 0 spiro atoms. The molecule has 0 saturated heterocycles. The van der Waals surface area contributed by atoms with Crippen LogP contribution in [0.3, 0.4) is 0 Å². The van der Waals surface area contributed by atoms with Crippen molar-refractivity contribution in [1.82, 2.24) is 0 Å². The van der Waals surface area contributed by atoms with E-state index in [1.807, 2.05) is 0 Å². The first-order valence-electron chi connectivity index (χ1n) is 9.84. The van der Waals surface area contributed by atoms with Crippen molar-refractivity contribution in [2.45, 2.75) is 90.6 Å². The lowest BCUT2D eigenvalue weighted by Gasteiger charge is -2.47. The predicted molar refractivity (Wildman–Crippen MR) is 111 cm³/mol. The van der Waals surface area contributed by atoms with Crippen LogP contribution in [-0.4, -0.2) is 5.60 Å². The van der Waals surface area contributed by atoms with Gasteiger partial charge < -0.3 is 4.74 Å². The molecule has 3 rings (SSSR count). The van der Waals surface area contributed by atoms with E-state index in [-0.39, 0.29) is 11.0 Å². The van der Waals surface area contributed by atoms with Gasteiger partial charge in [-0.25, -0.2) is 0 Å². The van der Waals surface area contributed by atoms with Gasteiger partial charge >= 0.3 is 0 Å². The Morgan fingerprint density at radius 1 is 1.28 bits per heavy atom. The van der Waals surface area contributed by atoms with Crippen LogP contribution in [0.5, 0.6) is 5.75 Å². The molecule has 1 aliphatic heterocycles. The van der Waals surface area contributed by atoms with Crippen molar-refractivity contribution in [3.8, 4) is 5.75 Å². The van der Waals surface area contributed by atoms with Gasteiger partial charge in [0.15, 0.2) is 0 Å².